The minimum absolute atomic E-state index is 0. The zero-order chi connectivity index (χ0) is 16.4. The number of piperazine rings is 1. The molecule has 0 aromatic heterocycles. The van der Waals surface area contributed by atoms with Crippen molar-refractivity contribution in [2.45, 2.75) is 18.9 Å². The monoisotopic (exact) mass is 391 g/mol. The Morgan fingerprint density at radius 3 is 2.54 bits per heavy atom. The second kappa shape index (κ2) is 8.39. The van der Waals surface area contributed by atoms with E-state index in [4.69, 9.17) is 23.2 Å². The van der Waals surface area contributed by atoms with Gasteiger partial charge in [0.05, 0.1) is 10.6 Å². The number of hydrogen-bond acceptors (Lipinski definition) is 3. The van der Waals surface area contributed by atoms with Gasteiger partial charge in [-0.25, -0.2) is 0 Å². The maximum Gasteiger partial charge on any atom is 0.256 e. The molecule has 0 aliphatic carbocycles. The molecule has 132 valence electrons. The molecule has 3 rings (SSSR count). The molecular formula is C16H20Cl3N3O2. The third kappa shape index (κ3) is 3.97. The summed E-state index contributed by atoms with van der Waals surface area (Å²) >= 11 is 12.1. The summed E-state index contributed by atoms with van der Waals surface area (Å²) in [6.45, 7) is 3.55. The Morgan fingerprint density at radius 1 is 1.12 bits per heavy atom. The van der Waals surface area contributed by atoms with E-state index >= 15 is 0 Å². The van der Waals surface area contributed by atoms with Crippen LogP contribution in [0.5, 0.6) is 0 Å². The van der Waals surface area contributed by atoms with Gasteiger partial charge >= 0.3 is 0 Å². The fraction of sp³-hybridized carbons (Fsp3) is 0.500. The Hall–Kier alpha value is -1.01. The lowest BCUT2D eigenvalue weighted by molar-refractivity contribution is -0.135. The smallest absolute Gasteiger partial charge is 0.256 e. The lowest BCUT2D eigenvalue weighted by Crippen LogP contribution is -2.53. The Labute approximate surface area is 157 Å². The molecule has 24 heavy (non-hydrogen) atoms. The first-order chi connectivity index (χ1) is 11.1. The molecule has 1 aromatic rings. The molecule has 1 aromatic carbocycles. The second-order valence-corrected chi connectivity index (χ2v) is 6.70. The summed E-state index contributed by atoms with van der Waals surface area (Å²) in [4.78, 5) is 29.0. The zero-order valence-corrected chi connectivity index (χ0v) is 15.5. The van der Waals surface area contributed by atoms with Gasteiger partial charge in [-0.2, -0.15) is 0 Å². The Bertz CT molecular complexity index is 621. The molecule has 2 heterocycles. The van der Waals surface area contributed by atoms with E-state index in [1.165, 1.54) is 0 Å². The van der Waals surface area contributed by atoms with Gasteiger partial charge in [-0.3, -0.25) is 9.59 Å². The molecule has 0 radical (unpaired) electrons. The molecule has 2 amide bonds. The van der Waals surface area contributed by atoms with Gasteiger partial charge in [0.2, 0.25) is 5.91 Å². The summed E-state index contributed by atoms with van der Waals surface area (Å²) in [5.74, 6) is -0.181. The number of benzene rings is 1. The predicted octanol–water partition coefficient (Wildman–Crippen LogP) is 2.45. The number of carbonyl (C=O) groups excluding carboxylic acids is 2. The molecule has 0 bridgehead atoms. The number of rotatable bonds is 2. The van der Waals surface area contributed by atoms with Crippen molar-refractivity contribution in [2.24, 2.45) is 0 Å². The average Bonchev–Trinajstić information content (AvgIpc) is 3.06. The molecular weight excluding hydrogens is 373 g/mol. The van der Waals surface area contributed by atoms with E-state index in [9.17, 15) is 9.59 Å². The molecule has 0 spiro atoms. The van der Waals surface area contributed by atoms with Crippen LogP contribution in [0, 0.1) is 0 Å². The van der Waals surface area contributed by atoms with E-state index < -0.39 is 6.04 Å². The lowest BCUT2D eigenvalue weighted by Gasteiger charge is -2.33. The number of likely N-dealkylation sites (tertiary alicyclic amines) is 1. The SMILES string of the molecule is Cl.O=C(C1CCCN1C(=O)c1cc(Cl)ccc1Cl)N1CCNCC1. The Kier molecular flexibility index (Phi) is 6.75. The Balaban J connectivity index is 0.00000208. The summed E-state index contributed by atoms with van der Waals surface area (Å²) < 4.78 is 0. The van der Waals surface area contributed by atoms with Crippen molar-refractivity contribution in [3.05, 3.63) is 33.8 Å². The van der Waals surface area contributed by atoms with Gasteiger partial charge < -0.3 is 15.1 Å². The van der Waals surface area contributed by atoms with Crippen LogP contribution in [0.4, 0.5) is 0 Å². The molecule has 8 heteroatoms. The summed E-state index contributed by atoms with van der Waals surface area (Å²) in [5, 5.41) is 4.05. The number of carbonyl (C=O) groups is 2. The van der Waals surface area contributed by atoms with Gasteiger partial charge in [0.25, 0.3) is 5.91 Å². The molecule has 2 saturated heterocycles. The van der Waals surface area contributed by atoms with E-state index in [1.54, 1.807) is 23.1 Å². The van der Waals surface area contributed by atoms with Crippen LogP contribution in [0.1, 0.15) is 23.2 Å². The fourth-order valence-electron chi connectivity index (χ4n) is 3.18. The predicted molar refractivity (Wildman–Crippen MR) is 97.2 cm³/mol. The first-order valence-electron chi connectivity index (χ1n) is 7.83. The van der Waals surface area contributed by atoms with Crippen molar-refractivity contribution in [3.63, 3.8) is 0 Å². The molecule has 0 saturated carbocycles. The molecule has 1 N–H and O–H groups in total. The van der Waals surface area contributed by atoms with Crippen LogP contribution >= 0.6 is 35.6 Å². The van der Waals surface area contributed by atoms with Gasteiger partial charge in [0.15, 0.2) is 0 Å². The van der Waals surface area contributed by atoms with Crippen LogP contribution in [-0.4, -0.2) is 60.4 Å². The lowest BCUT2D eigenvalue weighted by atomic mass is 10.1. The molecule has 1 unspecified atom stereocenters. The van der Waals surface area contributed by atoms with E-state index in [0.717, 1.165) is 19.5 Å². The van der Waals surface area contributed by atoms with E-state index in [-0.39, 0.29) is 24.2 Å². The van der Waals surface area contributed by atoms with E-state index in [2.05, 4.69) is 5.32 Å². The normalized spacial score (nSPS) is 20.7. The van der Waals surface area contributed by atoms with Crippen molar-refractivity contribution >= 4 is 47.4 Å². The highest BCUT2D eigenvalue weighted by molar-refractivity contribution is 6.35. The first-order valence-corrected chi connectivity index (χ1v) is 8.59. The number of nitrogens with zero attached hydrogens (tertiary/aromatic N) is 2. The number of nitrogens with one attached hydrogen (secondary N) is 1. The van der Waals surface area contributed by atoms with Gasteiger partial charge in [-0.1, -0.05) is 23.2 Å². The van der Waals surface area contributed by atoms with Crippen molar-refractivity contribution in [3.8, 4) is 0 Å². The van der Waals surface area contributed by atoms with Crippen LogP contribution in [0.15, 0.2) is 18.2 Å². The van der Waals surface area contributed by atoms with Crippen LogP contribution < -0.4 is 5.32 Å². The Morgan fingerprint density at radius 2 is 1.83 bits per heavy atom. The maximum atomic E-state index is 12.8. The third-order valence-electron chi connectivity index (χ3n) is 4.39. The van der Waals surface area contributed by atoms with Gasteiger partial charge in [-0.05, 0) is 31.0 Å². The molecule has 1 atom stereocenters. The molecule has 2 fully saturated rings. The zero-order valence-electron chi connectivity index (χ0n) is 13.1. The largest absolute Gasteiger partial charge is 0.338 e. The van der Waals surface area contributed by atoms with E-state index in [1.807, 2.05) is 4.90 Å². The number of amides is 2. The van der Waals surface area contributed by atoms with Gasteiger partial charge in [0, 0.05) is 37.7 Å². The third-order valence-corrected chi connectivity index (χ3v) is 4.95. The fourth-order valence-corrected chi connectivity index (χ4v) is 3.55. The highest BCUT2D eigenvalue weighted by Gasteiger charge is 2.37. The van der Waals surface area contributed by atoms with Gasteiger partial charge in [-0.15, -0.1) is 12.4 Å². The molecule has 2 aliphatic heterocycles. The summed E-state index contributed by atoms with van der Waals surface area (Å²) in [6, 6.07) is 4.43. The van der Waals surface area contributed by atoms with Crippen molar-refractivity contribution in [1.29, 1.82) is 0 Å². The first kappa shape index (κ1) is 19.3. The second-order valence-electron chi connectivity index (χ2n) is 5.86. The maximum absolute atomic E-state index is 12.8. The summed E-state index contributed by atoms with van der Waals surface area (Å²) in [6.07, 6.45) is 1.53. The number of halogens is 3. The average molecular weight is 393 g/mol. The van der Waals surface area contributed by atoms with Crippen LogP contribution in [-0.2, 0) is 4.79 Å². The van der Waals surface area contributed by atoms with E-state index in [0.29, 0.717) is 41.7 Å². The minimum atomic E-state index is -0.393. The van der Waals surface area contributed by atoms with Gasteiger partial charge in [0.1, 0.15) is 6.04 Å². The standard InChI is InChI=1S/C16H19Cl2N3O2.ClH/c17-11-3-4-13(18)12(10-11)15(22)21-7-1-2-14(21)16(23)20-8-5-19-6-9-20;/h3-4,10,14,19H,1-2,5-9H2;1H. The molecule has 5 nitrogen and oxygen atoms in total. The van der Waals surface area contributed by atoms with Crippen molar-refractivity contribution in [1.82, 2.24) is 15.1 Å². The van der Waals surface area contributed by atoms with Crippen LogP contribution in [0.25, 0.3) is 0 Å². The van der Waals surface area contributed by atoms with Crippen molar-refractivity contribution in [2.75, 3.05) is 32.7 Å². The highest BCUT2D eigenvalue weighted by atomic mass is 35.5. The summed E-state index contributed by atoms with van der Waals surface area (Å²) in [5.41, 5.74) is 0.360. The van der Waals surface area contributed by atoms with Crippen molar-refractivity contribution < 1.29 is 9.59 Å². The topological polar surface area (TPSA) is 52.7 Å². The highest BCUT2D eigenvalue weighted by Crippen LogP contribution is 2.27. The van der Waals surface area contributed by atoms with Crippen LogP contribution in [0.3, 0.4) is 0 Å². The van der Waals surface area contributed by atoms with Crippen LogP contribution in [0.2, 0.25) is 10.0 Å². The summed E-state index contributed by atoms with van der Waals surface area (Å²) in [7, 11) is 0. The number of hydrogen-bond donors (Lipinski definition) is 1. The minimum Gasteiger partial charge on any atom is -0.338 e. The quantitative estimate of drug-likeness (QED) is 0.841. The molecule has 2 aliphatic rings.